The highest BCUT2D eigenvalue weighted by molar-refractivity contribution is 8.01. The summed E-state index contributed by atoms with van der Waals surface area (Å²) in [5, 5.41) is 12.3. The Labute approximate surface area is 185 Å². The van der Waals surface area contributed by atoms with Crippen LogP contribution in [-0.4, -0.2) is 70.5 Å². The lowest BCUT2D eigenvalue weighted by Crippen LogP contribution is -2.51. The number of hydrogen-bond acceptors (Lipinski definition) is 8. The molecule has 0 saturated carbocycles. The maximum Gasteiger partial charge on any atom is 0.409 e. The predicted molar refractivity (Wildman–Crippen MR) is 120 cm³/mol. The number of benzene rings is 1. The highest BCUT2D eigenvalue weighted by atomic mass is 32.2. The van der Waals surface area contributed by atoms with E-state index in [2.05, 4.69) is 41.5 Å². The summed E-state index contributed by atoms with van der Waals surface area (Å²) in [6, 6.07) is 8.26. The van der Waals surface area contributed by atoms with Gasteiger partial charge in [-0.05, 0) is 30.5 Å². The molecule has 0 bridgehead atoms. The zero-order valence-electron chi connectivity index (χ0n) is 17.5. The van der Waals surface area contributed by atoms with Crippen molar-refractivity contribution < 1.29 is 14.3 Å². The zero-order valence-corrected chi connectivity index (χ0v) is 19.1. The molecular formula is C20H27N5O3S2. The average molecular weight is 450 g/mol. The molecule has 0 unspecified atom stereocenters. The Hall–Kier alpha value is -2.33. The van der Waals surface area contributed by atoms with Crippen LogP contribution in [0.25, 0.3) is 0 Å². The summed E-state index contributed by atoms with van der Waals surface area (Å²) in [6.07, 6.45) is -0.313. The molecule has 2 amide bonds. The lowest BCUT2D eigenvalue weighted by Gasteiger charge is -2.33. The number of amides is 2. The fraction of sp³-hybridized carbons (Fsp3) is 0.500. The lowest BCUT2D eigenvalue weighted by atomic mass is 10.0. The maximum absolute atomic E-state index is 12.5. The molecule has 1 aromatic carbocycles. The van der Waals surface area contributed by atoms with E-state index in [9.17, 15) is 9.59 Å². The molecule has 30 heavy (non-hydrogen) atoms. The van der Waals surface area contributed by atoms with Gasteiger partial charge in [0, 0.05) is 31.9 Å². The number of carbonyl (C=O) groups is 2. The van der Waals surface area contributed by atoms with Gasteiger partial charge in [0.2, 0.25) is 11.0 Å². The molecule has 8 nitrogen and oxygen atoms in total. The quantitative estimate of drug-likeness (QED) is 0.643. The summed E-state index contributed by atoms with van der Waals surface area (Å²) in [6.45, 7) is 8.51. The number of piperazine rings is 1. The molecule has 162 valence electrons. The van der Waals surface area contributed by atoms with Crippen LogP contribution in [0.4, 0.5) is 15.6 Å². The van der Waals surface area contributed by atoms with Crippen molar-refractivity contribution in [3.05, 3.63) is 29.8 Å². The summed E-state index contributed by atoms with van der Waals surface area (Å²) in [4.78, 5) is 27.6. The largest absolute Gasteiger partial charge is 0.450 e. The second-order valence-corrected chi connectivity index (χ2v) is 9.33. The van der Waals surface area contributed by atoms with E-state index in [-0.39, 0.29) is 12.0 Å². The van der Waals surface area contributed by atoms with Gasteiger partial charge in [0.15, 0.2) is 4.34 Å². The van der Waals surface area contributed by atoms with E-state index < -0.39 is 0 Å². The molecule has 10 heteroatoms. The summed E-state index contributed by atoms with van der Waals surface area (Å²) in [5.41, 5.74) is 2.25. The standard InChI is InChI=1S/C20H27N5O3S2/c1-4-28-20(27)25-11-9-24(10-12-25)17(26)13-29-19-23-22-18(30-19)21-16-7-5-15(6-8-16)14(2)3/h5-8,14H,4,9-13H2,1-3H3,(H,21,22). The van der Waals surface area contributed by atoms with E-state index in [0.717, 1.165) is 10.0 Å². The molecule has 1 N–H and O–H groups in total. The highest BCUT2D eigenvalue weighted by Gasteiger charge is 2.25. The third-order valence-corrected chi connectivity index (χ3v) is 6.67. The molecule has 1 aliphatic rings. The van der Waals surface area contributed by atoms with Gasteiger partial charge in [0.1, 0.15) is 0 Å². The van der Waals surface area contributed by atoms with Crippen LogP contribution in [0, 0.1) is 0 Å². The summed E-state index contributed by atoms with van der Waals surface area (Å²) in [5.74, 6) is 0.837. The Morgan fingerprint density at radius 3 is 2.43 bits per heavy atom. The van der Waals surface area contributed by atoms with Gasteiger partial charge in [-0.25, -0.2) is 4.79 Å². The van der Waals surface area contributed by atoms with Crippen LogP contribution in [0.5, 0.6) is 0 Å². The van der Waals surface area contributed by atoms with E-state index in [0.29, 0.717) is 49.6 Å². The van der Waals surface area contributed by atoms with Crippen molar-refractivity contribution in [3.63, 3.8) is 0 Å². The fourth-order valence-electron chi connectivity index (χ4n) is 2.96. The molecule has 0 atom stereocenters. The van der Waals surface area contributed by atoms with Crippen molar-refractivity contribution in [1.82, 2.24) is 20.0 Å². The normalized spacial score (nSPS) is 14.1. The fourth-order valence-corrected chi connectivity index (χ4v) is 4.64. The Morgan fingerprint density at radius 2 is 1.80 bits per heavy atom. The molecule has 0 spiro atoms. The Bertz CT molecular complexity index is 848. The first-order chi connectivity index (χ1) is 14.5. The highest BCUT2D eigenvalue weighted by Crippen LogP contribution is 2.28. The predicted octanol–water partition coefficient (Wildman–Crippen LogP) is 3.80. The SMILES string of the molecule is CCOC(=O)N1CCN(C(=O)CSc2nnc(Nc3ccc(C(C)C)cc3)s2)CC1. The van der Waals surface area contributed by atoms with Gasteiger partial charge in [0.05, 0.1) is 12.4 Å². The van der Waals surface area contributed by atoms with Crippen LogP contribution in [0.1, 0.15) is 32.3 Å². The second-order valence-electron chi connectivity index (χ2n) is 7.13. The van der Waals surface area contributed by atoms with Gasteiger partial charge in [-0.1, -0.05) is 49.1 Å². The van der Waals surface area contributed by atoms with Crippen LogP contribution < -0.4 is 5.32 Å². The average Bonchev–Trinajstić information content (AvgIpc) is 3.20. The van der Waals surface area contributed by atoms with Crippen molar-refractivity contribution in [2.75, 3.05) is 43.9 Å². The first-order valence-corrected chi connectivity index (χ1v) is 11.8. The second kappa shape index (κ2) is 10.6. The van der Waals surface area contributed by atoms with Crippen molar-refractivity contribution in [3.8, 4) is 0 Å². The third kappa shape index (κ3) is 6.09. The smallest absolute Gasteiger partial charge is 0.409 e. The molecule has 2 heterocycles. The Morgan fingerprint density at radius 1 is 1.13 bits per heavy atom. The number of thioether (sulfide) groups is 1. The molecular weight excluding hydrogens is 422 g/mol. The minimum Gasteiger partial charge on any atom is -0.450 e. The van der Waals surface area contributed by atoms with Crippen molar-refractivity contribution in [2.45, 2.75) is 31.0 Å². The molecule has 0 radical (unpaired) electrons. The van der Waals surface area contributed by atoms with Crippen molar-refractivity contribution in [1.29, 1.82) is 0 Å². The van der Waals surface area contributed by atoms with Crippen LogP contribution in [0.15, 0.2) is 28.6 Å². The lowest BCUT2D eigenvalue weighted by molar-refractivity contribution is -0.129. The topological polar surface area (TPSA) is 87.7 Å². The number of carbonyl (C=O) groups excluding carboxylic acids is 2. The zero-order chi connectivity index (χ0) is 21.5. The summed E-state index contributed by atoms with van der Waals surface area (Å²) < 4.78 is 5.75. The van der Waals surface area contributed by atoms with Gasteiger partial charge < -0.3 is 19.9 Å². The van der Waals surface area contributed by atoms with Crippen LogP contribution in [0.2, 0.25) is 0 Å². The van der Waals surface area contributed by atoms with Gasteiger partial charge in [-0.15, -0.1) is 10.2 Å². The van der Waals surface area contributed by atoms with E-state index in [1.807, 2.05) is 12.1 Å². The number of nitrogens with one attached hydrogen (secondary N) is 1. The monoisotopic (exact) mass is 449 g/mol. The van der Waals surface area contributed by atoms with Gasteiger partial charge in [-0.3, -0.25) is 4.79 Å². The number of nitrogens with zero attached hydrogens (tertiary/aromatic N) is 4. The Kier molecular flexibility index (Phi) is 7.92. The minimum atomic E-state index is -0.313. The van der Waals surface area contributed by atoms with Crippen molar-refractivity contribution >= 4 is 45.9 Å². The first-order valence-electron chi connectivity index (χ1n) is 9.99. The van der Waals surface area contributed by atoms with Crippen molar-refractivity contribution in [2.24, 2.45) is 0 Å². The maximum atomic E-state index is 12.5. The van der Waals surface area contributed by atoms with E-state index in [1.54, 1.807) is 16.7 Å². The number of hydrogen-bond donors (Lipinski definition) is 1. The van der Waals surface area contributed by atoms with Gasteiger partial charge in [-0.2, -0.15) is 0 Å². The molecule has 0 aliphatic carbocycles. The molecule has 1 aromatic heterocycles. The molecule has 1 fully saturated rings. The number of anilines is 2. The number of ether oxygens (including phenoxy) is 1. The number of rotatable bonds is 7. The van der Waals surface area contributed by atoms with Crippen LogP contribution in [0.3, 0.4) is 0 Å². The minimum absolute atomic E-state index is 0.0393. The molecule has 1 saturated heterocycles. The van der Waals surface area contributed by atoms with Crippen LogP contribution in [-0.2, 0) is 9.53 Å². The third-order valence-electron chi connectivity index (χ3n) is 4.71. The summed E-state index contributed by atoms with van der Waals surface area (Å²) in [7, 11) is 0. The van der Waals surface area contributed by atoms with E-state index in [1.165, 1.54) is 28.7 Å². The number of aromatic nitrogens is 2. The van der Waals surface area contributed by atoms with E-state index in [4.69, 9.17) is 4.74 Å². The Balaban J connectivity index is 1.44. The molecule has 1 aliphatic heterocycles. The van der Waals surface area contributed by atoms with Gasteiger partial charge >= 0.3 is 6.09 Å². The van der Waals surface area contributed by atoms with Crippen LogP contribution >= 0.6 is 23.1 Å². The summed E-state index contributed by atoms with van der Waals surface area (Å²) >= 11 is 2.81. The van der Waals surface area contributed by atoms with E-state index >= 15 is 0 Å². The van der Waals surface area contributed by atoms with Gasteiger partial charge in [0.25, 0.3) is 0 Å². The first kappa shape index (κ1) is 22.4. The molecule has 3 rings (SSSR count). The molecule has 2 aromatic rings.